The number of rotatable bonds is 6. The number of hydrogen-bond donors (Lipinski definition) is 1. The molecule has 1 aliphatic heterocycles. The zero-order valence-corrected chi connectivity index (χ0v) is 16.1. The summed E-state index contributed by atoms with van der Waals surface area (Å²) in [6.07, 6.45) is 4.82. The van der Waals surface area contributed by atoms with Gasteiger partial charge in [-0.15, -0.1) is 0 Å². The molecule has 0 bridgehead atoms. The fourth-order valence-electron chi connectivity index (χ4n) is 3.36. The number of carbonyl (C=O) groups excluding carboxylic acids is 1. The van der Waals surface area contributed by atoms with Crippen molar-refractivity contribution in [3.63, 3.8) is 0 Å². The van der Waals surface area contributed by atoms with Crippen molar-refractivity contribution in [2.24, 2.45) is 5.92 Å². The summed E-state index contributed by atoms with van der Waals surface area (Å²) in [4.78, 5) is 27.4. The van der Waals surface area contributed by atoms with E-state index in [1.807, 2.05) is 54.6 Å². The fourth-order valence-corrected chi connectivity index (χ4v) is 3.36. The molecule has 1 aliphatic rings. The van der Waals surface area contributed by atoms with E-state index >= 15 is 0 Å². The van der Waals surface area contributed by atoms with Crippen molar-refractivity contribution in [1.82, 2.24) is 20.3 Å². The number of carbonyl (C=O) groups is 1. The minimum Gasteiger partial charge on any atom is -0.439 e. The lowest BCUT2D eigenvalue weighted by molar-refractivity contribution is -0.125. The third-order valence-electron chi connectivity index (χ3n) is 4.95. The molecule has 0 saturated carbocycles. The lowest BCUT2D eigenvalue weighted by Crippen LogP contribution is -2.40. The van der Waals surface area contributed by atoms with Gasteiger partial charge in [0.1, 0.15) is 17.9 Å². The normalized spacial score (nSPS) is 14.4. The first-order valence-corrected chi connectivity index (χ1v) is 9.75. The monoisotopic (exact) mass is 389 g/mol. The summed E-state index contributed by atoms with van der Waals surface area (Å²) in [6, 6.07) is 17.1. The number of nitrogens with zero attached hydrogens (tertiary/aromatic N) is 4. The molecule has 0 radical (unpaired) electrons. The molecule has 0 aliphatic carbocycles. The molecule has 3 heterocycles. The molecule has 1 saturated heterocycles. The van der Waals surface area contributed by atoms with Gasteiger partial charge in [0.25, 0.3) is 0 Å². The van der Waals surface area contributed by atoms with Crippen LogP contribution in [0.4, 0.5) is 5.82 Å². The second-order valence-corrected chi connectivity index (χ2v) is 6.93. The Morgan fingerprint density at radius 3 is 2.59 bits per heavy atom. The molecular formula is C22H23N5O2. The van der Waals surface area contributed by atoms with Crippen LogP contribution in [0.3, 0.4) is 0 Å². The molecule has 1 amide bonds. The Kier molecular flexibility index (Phi) is 5.95. The third kappa shape index (κ3) is 5.07. The maximum atomic E-state index is 12.5. The smallest absolute Gasteiger partial charge is 0.224 e. The van der Waals surface area contributed by atoms with Gasteiger partial charge in [0.2, 0.25) is 11.8 Å². The first kappa shape index (κ1) is 18.9. The van der Waals surface area contributed by atoms with Crippen LogP contribution >= 0.6 is 0 Å². The summed E-state index contributed by atoms with van der Waals surface area (Å²) < 4.78 is 5.80. The zero-order chi connectivity index (χ0) is 19.9. The maximum Gasteiger partial charge on any atom is 0.224 e. The quantitative estimate of drug-likeness (QED) is 0.697. The van der Waals surface area contributed by atoms with E-state index in [2.05, 4.69) is 25.2 Å². The Morgan fingerprint density at radius 1 is 1.03 bits per heavy atom. The van der Waals surface area contributed by atoms with Crippen LogP contribution in [-0.4, -0.2) is 33.9 Å². The highest BCUT2D eigenvalue weighted by Crippen LogP contribution is 2.25. The Hall–Kier alpha value is -3.48. The number of nitrogens with one attached hydrogen (secondary N) is 1. The Bertz CT molecular complexity index is 928. The van der Waals surface area contributed by atoms with Crippen LogP contribution < -0.4 is 15.0 Å². The number of hydrogen-bond acceptors (Lipinski definition) is 6. The number of benzene rings is 1. The van der Waals surface area contributed by atoms with Gasteiger partial charge in [-0.05, 0) is 37.1 Å². The van der Waals surface area contributed by atoms with Gasteiger partial charge in [-0.2, -0.15) is 0 Å². The Labute approximate surface area is 169 Å². The molecule has 7 heteroatoms. The van der Waals surface area contributed by atoms with Gasteiger partial charge >= 0.3 is 0 Å². The average molecular weight is 389 g/mol. The molecule has 148 valence electrons. The van der Waals surface area contributed by atoms with Crippen LogP contribution in [-0.2, 0) is 11.3 Å². The Morgan fingerprint density at radius 2 is 1.83 bits per heavy atom. The summed E-state index contributed by atoms with van der Waals surface area (Å²) in [7, 11) is 0. The van der Waals surface area contributed by atoms with Crippen LogP contribution in [0.5, 0.6) is 11.6 Å². The first-order chi connectivity index (χ1) is 14.3. The predicted molar refractivity (Wildman–Crippen MR) is 110 cm³/mol. The molecule has 0 unspecified atom stereocenters. The first-order valence-electron chi connectivity index (χ1n) is 9.75. The second kappa shape index (κ2) is 9.14. The average Bonchev–Trinajstić information content (AvgIpc) is 2.79. The molecule has 0 atom stereocenters. The Balaban J connectivity index is 1.30. The van der Waals surface area contributed by atoms with Gasteiger partial charge in [0.15, 0.2) is 0 Å². The predicted octanol–water partition coefficient (Wildman–Crippen LogP) is 3.20. The fraction of sp³-hybridized carbons (Fsp3) is 0.273. The van der Waals surface area contributed by atoms with Crippen molar-refractivity contribution >= 4 is 11.7 Å². The van der Waals surface area contributed by atoms with Gasteiger partial charge in [-0.3, -0.25) is 9.78 Å². The number of aromatic nitrogens is 3. The highest BCUT2D eigenvalue weighted by molar-refractivity contribution is 5.78. The van der Waals surface area contributed by atoms with Gasteiger partial charge in [0.05, 0.1) is 12.2 Å². The number of para-hydroxylation sites is 1. The van der Waals surface area contributed by atoms with E-state index in [1.165, 1.54) is 6.33 Å². The lowest BCUT2D eigenvalue weighted by atomic mass is 9.96. The SMILES string of the molecule is O=C(NCc1ccccn1)C1CCN(c2cc(Oc3ccccc3)ncn2)CC1. The molecule has 7 nitrogen and oxygen atoms in total. The van der Waals surface area contributed by atoms with E-state index in [0.29, 0.717) is 12.4 Å². The summed E-state index contributed by atoms with van der Waals surface area (Å²) in [5.74, 6) is 2.16. The molecule has 2 aromatic heterocycles. The van der Waals surface area contributed by atoms with Crippen molar-refractivity contribution < 1.29 is 9.53 Å². The highest BCUT2D eigenvalue weighted by atomic mass is 16.5. The van der Waals surface area contributed by atoms with Crippen molar-refractivity contribution in [3.05, 3.63) is 72.8 Å². The van der Waals surface area contributed by atoms with E-state index in [-0.39, 0.29) is 11.8 Å². The number of amides is 1. The van der Waals surface area contributed by atoms with Crippen LogP contribution in [0.1, 0.15) is 18.5 Å². The molecule has 0 spiro atoms. The summed E-state index contributed by atoms with van der Waals surface area (Å²) in [5.41, 5.74) is 0.866. The van der Waals surface area contributed by atoms with Crippen molar-refractivity contribution in [1.29, 1.82) is 0 Å². The number of pyridine rings is 1. The minimum absolute atomic E-state index is 0.0110. The van der Waals surface area contributed by atoms with E-state index in [4.69, 9.17) is 4.74 Å². The van der Waals surface area contributed by atoms with E-state index in [9.17, 15) is 4.79 Å². The van der Waals surface area contributed by atoms with E-state index in [1.54, 1.807) is 6.20 Å². The maximum absolute atomic E-state index is 12.5. The summed E-state index contributed by atoms with van der Waals surface area (Å²) >= 11 is 0. The van der Waals surface area contributed by atoms with Gasteiger partial charge in [0, 0.05) is 31.3 Å². The zero-order valence-electron chi connectivity index (χ0n) is 16.1. The molecule has 4 rings (SSSR count). The number of anilines is 1. The number of ether oxygens (including phenoxy) is 1. The van der Waals surface area contributed by atoms with Gasteiger partial charge < -0.3 is 15.0 Å². The van der Waals surface area contributed by atoms with Gasteiger partial charge in [-0.1, -0.05) is 24.3 Å². The lowest BCUT2D eigenvalue weighted by Gasteiger charge is -2.32. The minimum atomic E-state index is 0.0110. The molecular weight excluding hydrogens is 366 g/mol. The number of piperidine rings is 1. The van der Waals surface area contributed by atoms with E-state index < -0.39 is 0 Å². The van der Waals surface area contributed by atoms with Gasteiger partial charge in [-0.25, -0.2) is 9.97 Å². The molecule has 1 fully saturated rings. The van der Waals surface area contributed by atoms with Crippen molar-refractivity contribution in [2.75, 3.05) is 18.0 Å². The summed E-state index contributed by atoms with van der Waals surface area (Å²) in [6.45, 7) is 2.00. The van der Waals surface area contributed by atoms with Crippen LogP contribution in [0.2, 0.25) is 0 Å². The standard InChI is InChI=1S/C22H23N5O2/c28-22(24-15-18-6-4-5-11-23-18)17-9-12-27(13-10-17)20-14-21(26-16-25-20)29-19-7-2-1-3-8-19/h1-8,11,14,16-17H,9-10,12-13,15H2,(H,24,28). The molecule has 1 aromatic carbocycles. The summed E-state index contributed by atoms with van der Waals surface area (Å²) in [5, 5.41) is 2.99. The molecule has 29 heavy (non-hydrogen) atoms. The van der Waals surface area contributed by atoms with Crippen molar-refractivity contribution in [2.45, 2.75) is 19.4 Å². The largest absolute Gasteiger partial charge is 0.439 e. The van der Waals surface area contributed by atoms with Crippen LogP contribution in [0.25, 0.3) is 0 Å². The third-order valence-corrected chi connectivity index (χ3v) is 4.95. The van der Waals surface area contributed by atoms with Crippen molar-refractivity contribution in [3.8, 4) is 11.6 Å². The molecule has 3 aromatic rings. The van der Waals surface area contributed by atoms with Crippen LogP contribution in [0, 0.1) is 5.92 Å². The topological polar surface area (TPSA) is 80.2 Å². The molecule has 1 N–H and O–H groups in total. The van der Waals surface area contributed by atoms with Crippen LogP contribution in [0.15, 0.2) is 67.1 Å². The second-order valence-electron chi connectivity index (χ2n) is 6.93. The van der Waals surface area contributed by atoms with E-state index in [0.717, 1.165) is 43.2 Å². The highest BCUT2D eigenvalue weighted by Gasteiger charge is 2.25.